The number of Topliss-reactive ketones (excluding diaryl/α,β-unsaturated/α-hetero) is 1. The van der Waals surface area contributed by atoms with Crippen LogP contribution in [-0.4, -0.2) is 49.4 Å². The van der Waals surface area contributed by atoms with E-state index in [0.29, 0.717) is 18.8 Å². The molecule has 0 bridgehead atoms. The Morgan fingerprint density at radius 1 is 1.55 bits per heavy atom. The Labute approximate surface area is 116 Å². The summed E-state index contributed by atoms with van der Waals surface area (Å²) >= 11 is 0. The molecule has 1 heterocycles. The van der Waals surface area contributed by atoms with Gasteiger partial charge in [0.15, 0.2) is 5.78 Å². The third-order valence-corrected chi connectivity index (χ3v) is 3.43. The fourth-order valence-electron chi connectivity index (χ4n) is 2.21. The molecule has 1 N–H and O–H groups in total. The first-order chi connectivity index (χ1) is 9.52. The van der Waals surface area contributed by atoms with Gasteiger partial charge in [-0.25, -0.2) is 4.39 Å². The smallest absolute Gasteiger partial charge is 0.237 e. The molecule has 5 nitrogen and oxygen atoms in total. The molecule has 6 heteroatoms. The van der Waals surface area contributed by atoms with E-state index in [9.17, 15) is 14.0 Å². The highest BCUT2D eigenvalue weighted by Crippen LogP contribution is 2.20. The molecule has 108 valence electrons. The molecule has 0 aliphatic carbocycles. The van der Waals surface area contributed by atoms with Crippen LogP contribution in [-0.2, 0) is 4.79 Å². The predicted octanol–water partition coefficient (Wildman–Crippen LogP) is 0.837. The molecule has 1 amide bonds. The number of hydrogen-bond acceptors (Lipinski definition) is 4. The van der Waals surface area contributed by atoms with Gasteiger partial charge in [-0.05, 0) is 25.1 Å². The van der Waals surface area contributed by atoms with Crippen molar-refractivity contribution in [2.24, 2.45) is 0 Å². The van der Waals surface area contributed by atoms with E-state index in [-0.39, 0.29) is 29.8 Å². The number of nitrogens with zero attached hydrogens (tertiary/aromatic N) is 1. The minimum absolute atomic E-state index is 0.0639. The van der Waals surface area contributed by atoms with Gasteiger partial charge in [-0.1, -0.05) is 0 Å². The molecule has 1 atom stereocenters. The van der Waals surface area contributed by atoms with Crippen molar-refractivity contribution >= 4 is 11.7 Å². The minimum Gasteiger partial charge on any atom is -0.496 e. The van der Waals surface area contributed by atoms with E-state index in [1.54, 1.807) is 11.8 Å². The number of hydrogen-bond donors (Lipinski definition) is 1. The van der Waals surface area contributed by atoms with Gasteiger partial charge in [0.25, 0.3) is 0 Å². The second-order valence-corrected chi connectivity index (χ2v) is 4.71. The number of amides is 1. The van der Waals surface area contributed by atoms with E-state index >= 15 is 0 Å². The number of benzene rings is 1. The second kappa shape index (κ2) is 6.00. The zero-order chi connectivity index (χ0) is 14.7. The van der Waals surface area contributed by atoms with Gasteiger partial charge in [-0.15, -0.1) is 0 Å². The third-order valence-electron chi connectivity index (χ3n) is 3.43. The maximum Gasteiger partial charge on any atom is 0.237 e. The molecule has 0 spiro atoms. The van der Waals surface area contributed by atoms with Crippen molar-refractivity contribution in [1.29, 1.82) is 0 Å². The van der Waals surface area contributed by atoms with E-state index in [1.165, 1.54) is 19.2 Å². The van der Waals surface area contributed by atoms with Crippen LogP contribution < -0.4 is 10.1 Å². The summed E-state index contributed by atoms with van der Waals surface area (Å²) in [5.41, 5.74) is 0.200. The number of carbonyl (C=O) groups excluding carboxylic acids is 2. The average Bonchev–Trinajstić information content (AvgIpc) is 2.43. The van der Waals surface area contributed by atoms with Crippen LogP contribution in [0.25, 0.3) is 0 Å². The number of rotatable bonds is 4. The molecule has 0 aromatic heterocycles. The molecule has 1 aliphatic rings. The van der Waals surface area contributed by atoms with Crippen LogP contribution in [0.4, 0.5) is 4.39 Å². The van der Waals surface area contributed by atoms with Gasteiger partial charge in [-0.2, -0.15) is 0 Å². The lowest BCUT2D eigenvalue weighted by Crippen LogP contribution is -2.55. The summed E-state index contributed by atoms with van der Waals surface area (Å²) in [4.78, 5) is 25.6. The first-order valence-electron chi connectivity index (χ1n) is 6.41. The highest BCUT2D eigenvalue weighted by molar-refractivity contribution is 6.00. The number of methoxy groups -OCH3 is 1. The van der Waals surface area contributed by atoms with Gasteiger partial charge < -0.3 is 10.1 Å². The second-order valence-electron chi connectivity index (χ2n) is 4.71. The molecule has 1 aromatic rings. The SMILES string of the molecule is COc1ccc(F)cc1C(=O)CN1CCNC(=O)C1C. The lowest BCUT2D eigenvalue weighted by atomic mass is 10.1. The Kier molecular flexibility index (Phi) is 4.34. The number of piperazine rings is 1. The average molecular weight is 280 g/mol. The standard InChI is InChI=1S/C14H17FN2O3/c1-9-14(19)16-5-6-17(9)8-12(18)11-7-10(15)3-4-13(11)20-2/h3-4,7,9H,5-6,8H2,1-2H3,(H,16,19). The van der Waals surface area contributed by atoms with Crippen LogP contribution in [0.3, 0.4) is 0 Å². The zero-order valence-corrected chi connectivity index (χ0v) is 11.5. The zero-order valence-electron chi connectivity index (χ0n) is 11.5. The van der Waals surface area contributed by atoms with E-state index in [2.05, 4.69) is 5.32 Å². The van der Waals surface area contributed by atoms with Crippen molar-refractivity contribution in [1.82, 2.24) is 10.2 Å². The van der Waals surface area contributed by atoms with Gasteiger partial charge in [-0.3, -0.25) is 14.5 Å². The van der Waals surface area contributed by atoms with Crippen LogP contribution in [0.1, 0.15) is 17.3 Å². The first kappa shape index (κ1) is 14.5. The first-order valence-corrected chi connectivity index (χ1v) is 6.41. The Bertz CT molecular complexity index is 533. The number of carbonyl (C=O) groups is 2. The summed E-state index contributed by atoms with van der Waals surface area (Å²) < 4.78 is 18.3. The van der Waals surface area contributed by atoms with Crippen molar-refractivity contribution in [2.75, 3.05) is 26.7 Å². The Morgan fingerprint density at radius 3 is 3.00 bits per heavy atom. The van der Waals surface area contributed by atoms with Crippen molar-refractivity contribution in [3.63, 3.8) is 0 Å². The minimum atomic E-state index is -0.487. The van der Waals surface area contributed by atoms with E-state index in [4.69, 9.17) is 4.74 Å². The molecule has 1 aromatic carbocycles. The van der Waals surface area contributed by atoms with Gasteiger partial charge >= 0.3 is 0 Å². The number of nitrogens with one attached hydrogen (secondary N) is 1. The summed E-state index contributed by atoms with van der Waals surface area (Å²) in [6, 6.07) is 3.46. The lowest BCUT2D eigenvalue weighted by molar-refractivity contribution is -0.127. The lowest BCUT2D eigenvalue weighted by Gasteiger charge is -2.32. The molecule has 1 unspecified atom stereocenters. The maximum atomic E-state index is 13.3. The molecular weight excluding hydrogens is 263 g/mol. The van der Waals surface area contributed by atoms with Crippen LogP contribution in [0, 0.1) is 5.82 Å². The molecule has 2 rings (SSSR count). The van der Waals surface area contributed by atoms with Gasteiger partial charge in [0, 0.05) is 13.1 Å². The van der Waals surface area contributed by atoms with Crippen molar-refractivity contribution < 1.29 is 18.7 Å². The highest BCUT2D eigenvalue weighted by atomic mass is 19.1. The van der Waals surface area contributed by atoms with E-state index in [0.717, 1.165) is 6.07 Å². The number of ketones is 1. The fraction of sp³-hybridized carbons (Fsp3) is 0.429. The third kappa shape index (κ3) is 2.96. The monoisotopic (exact) mass is 280 g/mol. The fourth-order valence-corrected chi connectivity index (χ4v) is 2.21. The Hall–Kier alpha value is -1.95. The Balaban J connectivity index is 2.15. The molecular formula is C14H17FN2O3. The summed E-state index contributed by atoms with van der Waals surface area (Å²) in [6.45, 7) is 2.91. The molecule has 1 saturated heterocycles. The van der Waals surface area contributed by atoms with Gasteiger partial charge in [0.2, 0.25) is 5.91 Å². The van der Waals surface area contributed by atoms with E-state index < -0.39 is 5.82 Å². The van der Waals surface area contributed by atoms with Crippen molar-refractivity contribution in [3.05, 3.63) is 29.6 Å². The normalized spacial score (nSPS) is 19.6. The number of halogens is 1. The summed E-state index contributed by atoms with van der Waals surface area (Å²) in [6.07, 6.45) is 0. The quantitative estimate of drug-likeness (QED) is 0.830. The van der Waals surface area contributed by atoms with E-state index in [1.807, 2.05) is 0 Å². The van der Waals surface area contributed by atoms with Crippen LogP contribution in [0.2, 0.25) is 0 Å². The summed E-state index contributed by atoms with van der Waals surface area (Å²) in [7, 11) is 1.43. The highest BCUT2D eigenvalue weighted by Gasteiger charge is 2.27. The van der Waals surface area contributed by atoms with Crippen molar-refractivity contribution in [2.45, 2.75) is 13.0 Å². The summed E-state index contributed by atoms with van der Waals surface area (Å²) in [5, 5.41) is 2.73. The topological polar surface area (TPSA) is 58.6 Å². The maximum absolute atomic E-state index is 13.3. The van der Waals surface area contributed by atoms with Crippen LogP contribution in [0.15, 0.2) is 18.2 Å². The summed E-state index contributed by atoms with van der Waals surface area (Å²) in [5.74, 6) is -0.512. The largest absolute Gasteiger partial charge is 0.496 e. The number of ether oxygens (including phenoxy) is 1. The van der Waals surface area contributed by atoms with Gasteiger partial charge in [0.05, 0.1) is 25.3 Å². The van der Waals surface area contributed by atoms with Crippen LogP contribution in [0.5, 0.6) is 5.75 Å². The molecule has 0 radical (unpaired) electrons. The molecule has 0 saturated carbocycles. The molecule has 1 aliphatic heterocycles. The molecule has 1 fully saturated rings. The van der Waals surface area contributed by atoms with Crippen LogP contribution >= 0.6 is 0 Å². The predicted molar refractivity (Wildman–Crippen MR) is 71.3 cm³/mol. The Morgan fingerprint density at radius 2 is 2.30 bits per heavy atom. The molecule has 20 heavy (non-hydrogen) atoms. The van der Waals surface area contributed by atoms with Gasteiger partial charge in [0.1, 0.15) is 11.6 Å². The van der Waals surface area contributed by atoms with Crippen molar-refractivity contribution in [3.8, 4) is 5.75 Å².